The predicted octanol–water partition coefficient (Wildman–Crippen LogP) is 1.38. The van der Waals surface area contributed by atoms with Gasteiger partial charge >= 0.3 is 0 Å². The van der Waals surface area contributed by atoms with Crippen LogP contribution >= 0.6 is 22.9 Å². The van der Waals surface area contributed by atoms with E-state index in [1.165, 1.54) is 4.31 Å². The van der Waals surface area contributed by atoms with Gasteiger partial charge in [0.15, 0.2) is 0 Å². The molecule has 1 atom stereocenters. The Bertz CT molecular complexity index is 472. The summed E-state index contributed by atoms with van der Waals surface area (Å²) in [7, 11) is -3.35. The molecule has 0 aromatic carbocycles. The third kappa shape index (κ3) is 2.41. The standard InChI is InChI=1S/C9H13ClN2O2S2/c1-7-6-12(5-4-11-7)16(13,14)9-3-2-8(10)15-9/h2-3,7,11H,4-6H2,1H3/t7-/m0/s1. The summed E-state index contributed by atoms with van der Waals surface area (Å²) < 4.78 is 26.7. The summed E-state index contributed by atoms with van der Waals surface area (Å²) in [5, 5.41) is 3.21. The average molecular weight is 281 g/mol. The summed E-state index contributed by atoms with van der Waals surface area (Å²) in [4.78, 5) is 0. The van der Waals surface area contributed by atoms with Crippen molar-refractivity contribution in [3.05, 3.63) is 16.5 Å². The van der Waals surface area contributed by atoms with Crippen molar-refractivity contribution in [1.82, 2.24) is 9.62 Å². The molecule has 2 heterocycles. The van der Waals surface area contributed by atoms with Gasteiger partial charge in [-0.15, -0.1) is 11.3 Å². The Kier molecular flexibility index (Phi) is 3.56. The van der Waals surface area contributed by atoms with Gasteiger partial charge in [-0.2, -0.15) is 4.31 Å². The molecule has 1 saturated heterocycles. The minimum atomic E-state index is -3.35. The van der Waals surface area contributed by atoms with Crippen molar-refractivity contribution in [2.24, 2.45) is 0 Å². The van der Waals surface area contributed by atoms with Gasteiger partial charge in [0, 0.05) is 25.7 Å². The second-order valence-electron chi connectivity index (χ2n) is 3.78. The van der Waals surface area contributed by atoms with E-state index in [4.69, 9.17) is 11.6 Å². The first-order chi connectivity index (χ1) is 7.50. The van der Waals surface area contributed by atoms with Gasteiger partial charge in [0.1, 0.15) is 4.21 Å². The number of sulfonamides is 1. The molecule has 0 amide bonds. The first-order valence-electron chi connectivity index (χ1n) is 4.99. The summed E-state index contributed by atoms with van der Waals surface area (Å²) in [5.41, 5.74) is 0. The van der Waals surface area contributed by atoms with E-state index in [-0.39, 0.29) is 6.04 Å². The molecule has 0 radical (unpaired) electrons. The fourth-order valence-corrected chi connectivity index (χ4v) is 4.85. The minimum absolute atomic E-state index is 0.193. The van der Waals surface area contributed by atoms with Crippen molar-refractivity contribution < 1.29 is 8.42 Å². The van der Waals surface area contributed by atoms with Crippen LogP contribution in [-0.4, -0.2) is 38.4 Å². The molecule has 1 aromatic heterocycles. The van der Waals surface area contributed by atoms with Crippen LogP contribution in [0.15, 0.2) is 16.3 Å². The molecule has 90 valence electrons. The van der Waals surface area contributed by atoms with Crippen molar-refractivity contribution in [2.75, 3.05) is 19.6 Å². The van der Waals surface area contributed by atoms with Gasteiger partial charge < -0.3 is 5.32 Å². The van der Waals surface area contributed by atoms with Crippen LogP contribution < -0.4 is 5.32 Å². The topological polar surface area (TPSA) is 49.4 Å². The maximum atomic E-state index is 12.2. The van der Waals surface area contributed by atoms with Crippen molar-refractivity contribution in [3.63, 3.8) is 0 Å². The van der Waals surface area contributed by atoms with Crippen LogP contribution in [0.25, 0.3) is 0 Å². The highest BCUT2D eigenvalue weighted by Crippen LogP contribution is 2.28. The molecule has 16 heavy (non-hydrogen) atoms. The zero-order valence-electron chi connectivity index (χ0n) is 8.81. The molecule has 1 fully saturated rings. The molecule has 1 aliphatic heterocycles. The summed E-state index contributed by atoms with van der Waals surface area (Å²) >= 11 is 6.86. The van der Waals surface area contributed by atoms with E-state index in [0.717, 1.165) is 11.3 Å². The van der Waals surface area contributed by atoms with Gasteiger partial charge in [-0.05, 0) is 19.1 Å². The number of thiophene rings is 1. The molecule has 0 unspecified atom stereocenters. The van der Waals surface area contributed by atoms with Gasteiger partial charge in [-0.25, -0.2) is 8.42 Å². The second-order valence-corrected chi connectivity index (χ2v) is 7.66. The predicted molar refractivity (Wildman–Crippen MR) is 65.6 cm³/mol. The lowest BCUT2D eigenvalue weighted by Crippen LogP contribution is -2.51. The molecule has 1 aliphatic rings. The van der Waals surface area contributed by atoms with Crippen molar-refractivity contribution >= 4 is 33.0 Å². The molecule has 0 saturated carbocycles. The van der Waals surface area contributed by atoms with E-state index < -0.39 is 10.0 Å². The van der Waals surface area contributed by atoms with Gasteiger partial charge in [0.25, 0.3) is 10.0 Å². The van der Waals surface area contributed by atoms with Crippen molar-refractivity contribution in [2.45, 2.75) is 17.2 Å². The number of halogens is 1. The molecule has 0 aliphatic carbocycles. The lowest BCUT2D eigenvalue weighted by Gasteiger charge is -2.30. The van der Waals surface area contributed by atoms with Crippen molar-refractivity contribution in [1.29, 1.82) is 0 Å². The van der Waals surface area contributed by atoms with Crippen LogP contribution in [0.1, 0.15) is 6.92 Å². The van der Waals surface area contributed by atoms with Gasteiger partial charge in [-0.3, -0.25) is 0 Å². The third-order valence-electron chi connectivity index (χ3n) is 2.47. The number of hydrogen-bond donors (Lipinski definition) is 1. The SMILES string of the molecule is C[C@H]1CN(S(=O)(=O)c2ccc(Cl)s2)CCN1. The normalized spacial score (nSPS) is 23.5. The Hall–Kier alpha value is -0.140. The number of hydrogen-bond acceptors (Lipinski definition) is 4. The number of piperazine rings is 1. The molecule has 4 nitrogen and oxygen atoms in total. The lowest BCUT2D eigenvalue weighted by molar-refractivity contribution is 0.311. The van der Waals surface area contributed by atoms with Crippen LogP contribution in [0, 0.1) is 0 Å². The molecule has 1 aromatic rings. The minimum Gasteiger partial charge on any atom is -0.312 e. The van der Waals surface area contributed by atoms with Crippen LogP contribution in [0.3, 0.4) is 0 Å². The zero-order valence-corrected chi connectivity index (χ0v) is 11.2. The van der Waals surface area contributed by atoms with E-state index in [1.54, 1.807) is 12.1 Å². The Labute approximate surface area is 104 Å². The highest BCUT2D eigenvalue weighted by atomic mass is 35.5. The fraction of sp³-hybridized carbons (Fsp3) is 0.556. The molecular formula is C9H13ClN2O2S2. The number of nitrogens with one attached hydrogen (secondary N) is 1. The summed E-state index contributed by atoms with van der Waals surface area (Å²) in [6, 6.07) is 3.37. The Balaban J connectivity index is 2.25. The largest absolute Gasteiger partial charge is 0.312 e. The number of nitrogens with zero attached hydrogens (tertiary/aromatic N) is 1. The fourth-order valence-electron chi connectivity index (χ4n) is 1.68. The van der Waals surface area contributed by atoms with Crippen LogP contribution in [-0.2, 0) is 10.0 Å². The van der Waals surface area contributed by atoms with Gasteiger partial charge in [-0.1, -0.05) is 11.6 Å². The monoisotopic (exact) mass is 280 g/mol. The van der Waals surface area contributed by atoms with E-state index >= 15 is 0 Å². The van der Waals surface area contributed by atoms with Crippen molar-refractivity contribution in [3.8, 4) is 0 Å². The smallest absolute Gasteiger partial charge is 0.252 e. The Morgan fingerprint density at radius 1 is 1.56 bits per heavy atom. The van der Waals surface area contributed by atoms with Gasteiger partial charge in [0.2, 0.25) is 0 Å². The molecule has 7 heteroatoms. The highest BCUT2D eigenvalue weighted by molar-refractivity contribution is 7.91. The molecule has 0 bridgehead atoms. The maximum Gasteiger partial charge on any atom is 0.252 e. The van der Waals surface area contributed by atoms with Gasteiger partial charge in [0.05, 0.1) is 4.34 Å². The second kappa shape index (κ2) is 4.62. The molecule has 2 rings (SSSR count). The summed E-state index contributed by atoms with van der Waals surface area (Å²) in [5.74, 6) is 0. The zero-order chi connectivity index (χ0) is 11.8. The quantitative estimate of drug-likeness (QED) is 0.891. The third-order valence-corrected chi connectivity index (χ3v) is 6.04. The first kappa shape index (κ1) is 12.3. The Morgan fingerprint density at radius 2 is 2.31 bits per heavy atom. The molecular weight excluding hydrogens is 268 g/mol. The lowest BCUT2D eigenvalue weighted by atomic mass is 10.3. The highest BCUT2D eigenvalue weighted by Gasteiger charge is 2.29. The van der Waals surface area contributed by atoms with E-state index in [1.807, 2.05) is 6.92 Å². The van der Waals surface area contributed by atoms with Crippen LogP contribution in [0.4, 0.5) is 0 Å². The summed E-state index contributed by atoms with van der Waals surface area (Å²) in [6.07, 6.45) is 0. The average Bonchev–Trinajstić information content (AvgIpc) is 2.65. The maximum absolute atomic E-state index is 12.2. The van der Waals surface area contributed by atoms with Crippen LogP contribution in [0.2, 0.25) is 4.34 Å². The Morgan fingerprint density at radius 3 is 2.88 bits per heavy atom. The van der Waals surface area contributed by atoms with E-state index in [9.17, 15) is 8.42 Å². The number of rotatable bonds is 2. The summed E-state index contributed by atoms with van der Waals surface area (Å²) in [6.45, 7) is 3.70. The molecule has 0 spiro atoms. The van der Waals surface area contributed by atoms with Crippen LogP contribution in [0.5, 0.6) is 0 Å². The van der Waals surface area contributed by atoms with E-state index in [0.29, 0.717) is 28.2 Å². The molecule has 1 N–H and O–H groups in total. The van der Waals surface area contributed by atoms with E-state index in [2.05, 4.69) is 5.32 Å². The first-order valence-corrected chi connectivity index (χ1v) is 7.62.